The van der Waals surface area contributed by atoms with Gasteiger partial charge in [-0.1, -0.05) is 19.9 Å². The van der Waals surface area contributed by atoms with Crippen molar-refractivity contribution in [1.29, 1.82) is 0 Å². The van der Waals surface area contributed by atoms with Crippen LogP contribution >= 0.6 is 0 Å². The molecule has 134 valence electrons. The average Bonchev–Trinajstić information content (AvgIpc) is 2.98. The van der Waals surface area contributed by atoms with Crippen LogP contribution in [0, 0.1) is 0 Å². The Bertz CT molecular complexity index is 556. The third-order valence-corrected chi connectivity index (χ3v) is 4.86. The molecule has 0 radical (unpaired) electrons. The van der Waals surface area contributed by atoms with E-state index in [0.717, 1.165) is 49.9 Å². The van der Waals surface area contributed by atoms with E-state index in [2.05, 4.69) is 43.1 Å². The van der Waals surface area contributed by atoms with Crippen LogP contribution in [0.1, 0.15) is 38.7 Å². The van der Waals surface area contributed by atoms with E-state index in [1.165, 1.54) is 5.56 Å². The maximum Gasteiger partial charge on any atom is 0.160 e. The van der Waals surface area contributed by atoms with Crippen LogP contribution in [0.3, 0.4) is 0 Å². The third-order valence-electron chi connectivity index (χ3n) is 4.86. The molecule has 1 fully saturated rings. The highest BCUT2D eigenvalue weighted by molar-refractivity contribution is 5.86. The van der Waals surface area contributed by atoms with Gasteiger partial charge in [-0.25, -0.2) is 0 Å². The van der Waals surface area contributed by atoms with Crippen LogP contribution in [0.2, 0.25) is 0 Å². The molecule has 0 aromatic heterocycles. The average molecular weight is 333 g/mol. The van der Waals surface area contributed by atoms with E-state index in [4.69, 9.17) is 14.5 Å². The highest BCUT2D eigenvalue weighted by Crippen LogP contribution is 2.35. The van der Waals surface area contributed by atoms with Gasteiger partial charge in [0, 0.05) is 24.9 Å². The van der Waals surface area contributed by atoms with Gasteiger partial charge in [-0.2, -0.15) is 0 Å². The fourth-order valence-electron chi connectivity index (χ4n) is 3.27. The summed E-state index contributed by atoms with van der Waals surface area (Å²) in [6, 6.07) is 6.57. The highest BCUT2D eigenvalue weighted by atomic mass is 16.5. The number of hydrogen-bond acceptors (Lipinski definition) is 4. The third kappa shape index (κ3) is 4.41. The maximum atomic E-state index is 5.43. The first-order valence-corrected chi connectivity index (χ1v) is 8.87. The van der Waals surface area contributed by atoms with Gasteiger partial charge in [0.1, 0.15) is 0 Å². The first-order valence-electron chi connectivity index (χ1n) is 8.87. The molecule has 1 heterocycles. The van der Waals surface area contributed by atoms with Gasteiger partial charge >= 0.3 is 0 Å². The Morgan fingerprint density at radius 3 is 2.50 bits per heavy atom. The van der Waals surface area contributed by atoms with Crippen molar-refractivity contribution in [2.45, 2.75) is 39.2 Å². The Morgan fingerprint density at radius 2 is 1.88 bits per heavy atom. The second-order valence-electron chi connectivity index (χ2n) is 6.21. The molecule has 2 rings (SSSR count). The summed E-state index contributed by atoms with van der Waals surface area (Å²) in [6.07, 6.45) is 0.953. The van der Waals surface area contributed by atoms with Gasteiger partial charge in [0.25, 0.3) is 0 Å². The number of nitrogens with zero attached hydrogens (tertiary/aromatic N) is 2. The number of nitrogens with one attached hydrogen (secondary N) is 1. The Balaban J connectivity index is 2.03. The lowest BCUT2D eigenvalue weighted by atomic mass is 9.92. The van der Waals surface area contributed by atoms with E-state index in [0.29, 0.717) is 12.0 Å². The van der Waals surface area contributed by atoms with E-state index in [1.54, 1.807) is 14.2 Å². The predicted molar refractivity (Wildman–Crippen MR) is 99.6 cm³/mol. The number of amidine groups is 1. The van der Waals surface area contributed by atoms with Gasteiger partial charge < -0.3 is 19.7 Å². The summed E-state index contributed by atoms with van der Waals surface area (Å²) in [5, 5.41) is 3.54. The summed E-state index contributed by atoms with van der Waals surface area (Å²) >= 11 is 0. The van der Waals surface area contributed by atoms with Crippen molar-refractivity contribution in [3.8, 4) is 11.5 Å². The van der Waals surface area contributed by atoms with E-state index >= 15 is 0 Å². The lowest BCUT2D eigenvalue weighted by Gasteiger charge is -2.16. The minimum Gasteiger partial charge on any atom is -0.493 e. The number of likely N-dealkylation sites (N-methyl/N-ethyl adjacent to an activating group) is 1. The smallest absolute Gasteiger partial charge is 0.160 e. The van der Waals surface area contributed by atoms with Crippen molar-refractivity contribution >= 4 is 5.84 Å². The van der Waals surface area contributed by atoms with Crippen molar-refractivity contribution in [2.24, 2.45) is 4.99 Å². The van der Waals surface area contributed by atoms with E-state index in [-0.39, 0.29) is 0 Å². The number of aliphatic imine (C=N–C) groups is 1. The van der Waals surface area contributed by atoms with Gasteiger partial charge in [-0.3, -0.25) is 4.99 Å². The number of rotatable bonds is 8. The molecular formula is C19H31N3O2. The van der Waals surface area contributed by atoms with Gasteiger partial charge in [0.2, 0.25) is 0 Å². The molecule has 0 bridgehead atoms. The Morgan fingerprint density at radius 1 is 1.17 bits per heavy atom. The summed E-state index contributed by atoms with van der Waals surface area (Å²) in [4.78, 5) is 7.17. The summed E-state index contributed by atoms with van der Waals surface area (Å²) in [6.45, 7) is 10.6. The van der Waals surface area contributed by atoms with Crippen LogP contribution in [0.5, 0.6) is 11.5 Å². The number of methoxy groups -OCH3 is 2. The Hall–Kier alpha value is -1.75. The van der Waals surface area contributed by atoms with Crippen molar-refractivity contribution in [1.82, 2.24) is 10.2 Å². The second kappa shape index (κ2) is 8.92. The monoisotopic (exact) mass is 333 g/mol. The molecule has 1 N–H and O–H groups in total. The second-order valence-corrected chi connectivity index (χ2v) is 6.21. The van der Waals surface area contributed by atoms with Crippen molar-refractivity contribution in [2.75, 3.05) is 40.4 Å². The zero-order chi connectivity index (χ0) is 17.5. The normalized spacial score (nSPS) is 22.0. The van der Waals surface area contributed by atoms with Crippen LogP contribution in [-0.2, 0) is 0 Å². The van der Waals surface area contributed by atoms with Crippen molar-refractivity contribution < 1.29 is 9.47 Å². The lowest BCUT2D eigenvalue weighted by molar-refractivity contribution is 0.313. The van der Waals surface area contributed by atoms with Crippen LogP contribution in [0.25, 0.3) is 0 Å². The molecule has 0 saturated carbocycles. The number of ether oxygens (including phenoxy) is 2. The fraction of sp³-hybridized carbons (Fsp3) is 0.632. The first-order chi connectivity index (χ1) is 11.6. The lowest BCUT2D eigenvalue weighted by Crippen LogP contribution is -2.28. The molecule has 24 heavy (non-hydrogen) atoms. The Kier molecular flexibility index (Phi) is 6.91. The number of benzene rings is 1. The molecule has 1 saturated heterocycles. The SMILES string of the molecule is CCN(CC)CCN=C1CC(c2ccc(OC)c(OC)c2)C(C)N1. The minimum atomic E-state index is 0.371. The first kappa shape index (κ1) is 18.6. The molecule has 1 aliphatic rings. The van der Waals surface area contributed by atoms with Gasteiger partial charge in [-0.05, 0) is 37.7 Å². The molecule has 5 nitrogen and oxygen atoms in total. The summed E-state index contributed by atoms with van der Waals surface area (Å²) in [5.41, 5.74) is 1.27. The van der Waals surface area contributed by atoms with Crippen LogP contribution < -0.4 is 14.8 Å². The molecule has 2 atom stereocenters. The largest absolute Gasteiger partial charge is 0.493 e. The standard InChI is InChI=1S/C19H31N3O2/c1-6-22(7-2)11-10-20-19-13-16(14(3)21-19)15-8-9-17(23-4)18(12-15)24-5/h8-9,12,14,16H,6-7,10-11,13H2,1-5H3,(H,20,21). The maximum absolute atomic E-state index is 5.43. The molecule has 1 aromatic rings. The minimum absolute atomic E-state index is 0.371. The number of hydrogen-bond donors (Lipinski definition) is 1. The van der Waals surface area contributed by atoms with E-state index < -0.39 is 0 Å². The zero-order valence-electron chi connectivity index (χ0n) is 15.6. The molecular weight excluding hydrogens is 302 g/mol. The quantitative estimate of drug-likeness (QED) is 0.794. The summed E-state index contributed by atoms with van der Waals surface area (Å²) in [5.74, 6) is 3.09. The fourth-order valence-corrected chi connectivity index (χ4v) is 3.27. The zero-order valence-corrected chi connectivity index (χ0v) is 15.6. The van der Waals surface area contributed by atoms with E-state index in [9.17, 15) is 0 Å². The van der Waals surface area contributed by atoms with Crippen LogP contribution in [0.15, 0.2) is 23.2 Å². The summed E-state index contributed by atoms with van der Waals surface area (Å²) in [7, 11) is 3.34. The van der Waals surface area contributed by atoms with Crippen LogP contribution in [-0.4, -0.2) is 57.2 Å². The van der Waals surface area contributed by atoms with Gasteiger partial charge in [0.15, 0.2) is 11.5 Å². The van der Waals surface area contributed by atoms with Crippen molar-refractivity contribution in [3.05, 3.63) is 23.8 Å². The molecule has 0 spiro atoms. The molecule has 0 aliphatic carbocycles. The molecule has 2 unspecified atom stereocenters. The summed E-state index contributed by atoms with van der Waals surface area (Å²) < 4.78 is 10.8. The Labute approximate surface area is 146 Å². The molecule has 5 heteroatoms. The van der Waals surface area contributed by atoms with E-state index in [1.807, 2.05) is 6.07 Å². The van der Waals surface area contributed by atoms with Crippen LogP contribution in [0.4, 0.5) is 0 Å². The topological polar surface area (TPSA) is 46.1 Å². The molecule has 0 amide bonds. The predicted octanol–water partition coefficient (Wildman–Crippen LogP) is 2.91. The van der Waals surface area contributed by atoms with Gasteiger partial charge in [-0.15, -0.1) is 0 Å². The molecule has 1 aliphatic heterocycles. The molecule has 1 aromatic carbocycles. The highest BCUT2D eigenvalue weighted by Gasteiger charge is 2.29. The van der Waals surface area contributed by atoms with Gasteiger partial charge in [0.05, 0.1) is 26.6 Å². The van der Waals surface area contributed by atoms with Crippen molar-refractivity contribution in [3.63, 3.8) is 0 Å².